The molecule has 0 aliphatic heterocycles. The Balaban J connectivity index is 1.69. The summed E-state index contributed by atoms with van der Waals surface area (Å²) < 4.78 is 18.5. The summed E-state index contributed by atoms with van der Waals surface area (Å²) in [5.74, 6) is -0.0180. The van der Waals surface area contributed by atoms with Crippen molar-refractivity contribution in [1.82, 2.24) is 15.5 Å². The van der Waals surface area contributed by atoms with Crippen molar-refractivity contribution < 1.29 is 13.7 Å². The Hall–Kier alpha value is -2.28. The molecule has 2 aromatic rings. The first-order valence-corrected chi connectivity index (χ1v) is 8.17. The van der Waals surface area contributed by atoms with Gasteiger partial charge in [0.05, 0.1) is 5.54 Å². The topological polar surface area (TPSA) is 94.0 Å². The van der Waals surface area contributed by atoms with Crippen LogP contribution in [0.15, 0.2) is 28.8 Å². The maximum atomic E-state index is 13.3. The SMILES string of the molecule is CC(NC(=O)C1(N)CCCCC1)c1nc(-c2cccc(F)c2)no1. The van der Waals surface area contributed by atoms with Gasteiger partial charge in [0.15, 0.2) is 0 Å². The van der Waals surface area contributed by atoms with Gasteiger partial charge in [0, 0.05) is 5.56 Å². The number of carbonyl (C=O) groups excluding carboxylic acids is 1. The van der Waals surface area contributed by atoms with Crippen molar-refractivity contribution in [3.8, 4) is 11.4 Å². The quantitative estimate of drug-likeness (QED) is 0.898. The molecule has 1 aromatic carbocycles. The fraction of sp³-hybridized carbons (Fsp3) is 0.471. The number of aromatic nitrogens is 2. The first kappa shape index (κ1) is 16.6. The van der Waals surface area contributed by atoms with Crippen LogP contribution in [0.25, 0.3) is 11.4 Å². The van der Waals surface area contributed by atoms with Crippen LogP contribution in [0.2, 0.25) is 0 Å². The van der Waals surface area contributed by atoms with Crippen molar-refractivity contribution in [3.63, 3.8) is 0 Å². The lowest BCUT2D eigenvalue weighted by Crippen LogP contribution is -2.55. The van der Waals surface area contributed by atoms with Gasteiger partial charge in [0.25, 0.3) is 0 Å². The number of nitrogens with zero attached hydrogens (tertiary/aromatic N) is 2. The average molecular weight is 332 g/mol. The highest BCUT2D eigenvalue weighted by Gasteiger charge is 2.36. The molecule has 3 N–H and O–H groups in total. The van der Waals surface area contributed by atoms with Crippen LogP contribution >= 0.6 is 0 Å². The minimum absolute atomic E-state index is 0.194. The van der Waals surface area contributed by atoms with E-state index in [0.29, 0.717) is 18.4 Å². The van der Waals surface area contributed by atoms with Crippen LogP contribution in [-0.2, 0) is 4.79 Å². The van der Waals surface area contributed by atoms with Crippen molar-refractivity contribution in [3.05, 3.63) is 36.0 Å². The molecule has 1 amide bonds. The largest absolute Gasteiger partial charge is 0.343 e. The van der Waals surface area contributed by atoms with Crippen LogP contribution in [0.4, 0.5) is 4.39 Å². The highest BCUT2D eigenvalue weighted by atomic mass is 19.1. The van der Waals surface area contributed by atoms with E-state index in [1.807, 2.05) is 0 Å². The lowest BCUT2D eigenvalue weighted by molar-refractivity contribution is -0.128. The van der Waals surface area contributed by atoms with Gasteiger partial charge >= 0.3 is 0 Å². The Morgan fingerprint density at radius 1 is 1.38 bits per heavy atom. The normalized spacial score (nSPS) is 18.1. The summed E-state index contributed by atoms with van der Waals surface area (Å²) >= 11 is 0. The van der Waals surface area contributed by atoms with Crippen molar-refractivity contribution in [2.24, 2.45) is 5.73 Å². The van der Waals surface area contributed by atoms with E-state index >= 15 is 0 Å². The number of hydrogen-bond donors (Lipinski definition) is 2. The molecule has 0 saturated heterocycles. The van der Waals surface area contributed by atoms with E-state index in [-0.39, 0.29) is 23.4 Å². The second-order valence-corrected chi connectivity index (χ2v) is 6.38. The zero-order chi connectivity index (χ0) is 17.2. The van der Waals surface area contributed by atoms with E-state index in [1.54, 1.807) is 19.1 Å². The Morgan fingerprint density at radius 3 is 2.83 bits per heavy atom. The van der Waals surface area contributed by atoms with Gasteiger partial charge in [0.2, 0.25) is 17.6 Å². The highest BCUT2D eigenvalue weighted by Crippen LogP contribution is 2.27. The number of amides is 1. The van der Waals surface area contributed by atoms with Gasteiger partial charge in [-0.05, 0) is 31.9 Å². The zero-order valence-electron chi connectivity index (χ0n) is 13.6. The Bertz CT molecular complexity index is 725. The molecule has 3 rings (SSSR count). The number of halogens is 1. The van der Waals surface area contributed by atoms with Gasteiger partial charge in [-0.25, -0.2) is 4.39 Å². The van der Waals surface area contributed by atoms with Gasteiger partial charge in [-0.3, -0.25) is 4.79 Å². The lowest BCUT2D eigenvalue weighted by atomic mass is 9.82. The summed E-state index contributed by atoms with van der Waals surface area (Å²) in [7, 11) is 0. The van der Waals surface area contributed by atoms with E-state index < -0.39 is 11.6 Å². The summed E-state index contributed by atoms with van der Waals surface area (Å²) in [6.45, 7) is 1.76. The van der Waals surface area contributed by atoms with Crippen molar-refractivity contribution in [1.29, 1.82) is 0 Å². The Kier molecular flexibility index (Phi) is 4.62. The van der Waals surface area contributed by atoms with Gasteiger partial charge in [-0.2, -0.15) is 4.98 Å². The monoisotopic (exact) mass is 332 g/mol. The van der Waals surface area contributed by atoms with Crippen molar-refractivity contribution in [2.45, 2.75) is 50.6 Å². The number of carbonyl (C=O) groups is 1. The first-order chi connectivity index (χ1) is 11.5. The van der Waals surface area contributed by atoms with E-state index in [9.17, 15) is 9.18 Å². The molecule has 0 spiro atoms. The summed E-state index contributed by atoms with van der Waals surface area (Å²) in [6.07, 6.45) is 4.40. The maximum absolute atomic E-state index is 13.3. The molecule has 1 aliphatic carbocycles. The molecule has 1 unspecified atom stereocenters. The predicted molar refractivity (Wildman–Crippen MR) is 86.3 cm³/mol. The van der Waals surface area contributed by atoms with Crippen LogP contribution in [0.1, 0.15) is 51.0 Å². The van der Waals surface area contributed by atoms with Gasteiger partial charge in [-0.15, -0.1) is 0 Å². The summed E-state index contributed by atoms with van der Waals surface area (Å²) in [6, 6.07) is 5.48. The molecule has 1 atom stereocenters. The second kappa shape index (κ2) is 6.68. The molecule has 0 radical (unpaired) electrons. The number of benzene rings is 1. The smallest absolute Gasteiger partial charge is 0.249 e. The average Bonchev–Trinajstić information content (AvgIpc) is 3.05. The van der Waals surface area contributed by atoms with Gasteiger partial charge < -0.3 is 15.6 Å². The fourth-order valence-electron chi connectivity index (χ4n) is 2.97. The number of nitrogens with two attached hydrogens (primary N) is 1. The van der Waals surface area contributed by atoms with E-state index in [2.05, 4.69) is 15.5 Å². The molecular formula is C17H21FN4O2. The number of rotatable bonds is 4. The zero-order valence-corrected chi connectivity index (χ0v) is 13.6. The maximum Gasteiger partial charge on any atom is 0.249 e. The standard InChI is InChI=1S/C17H21FN4O2/c1-11(20-16(23)17(19)8-3-2-4-9-17)15-21-14(22-24-15)12-6-5-7-13(18)10-12/h5-7,10-11H,2-4,8-9,19H2,1H3,(H,20,23). The van der Waals surface area contributed by atoms with E-state index in [1.165, 1.54) is 12.1 Å². The number of hydrogen-bond acceptors (Lipinski definition) is 5. The first-order valence-electron chi connectivity index (χ1n) is 8.17. The number of nitrogens with one attached hydrogen (secondary N) is 1. The van der Waals surface area contributed by atoms with E-state index in [0.717, 1.165) is 19.3 Å². The summed E-state index contributed by atoms with van der Waals surface area (Å²) in [4.78, 5) is 16.7. The molecule has 24 heavy (non-hydrogen) atoms. The molecule has 6 nitrogen and oxygen atoms in total. The third kappa shape index (κ3) is 3.46. The second-order valence-electron chi connectivity index (χ2n) is 6.38. The van der Waals surface area contributed by atoms with E-state index in [4.69, 9.17) is 10.3 Å². The van der Waals surface area contributed by atoms with Crippen LogP contribution in [0.5, 0.6) is 0 Å². The van der Waals surface area contributed by atoms with Gasteiger partial charge in [-0.1, -0.05) is 36.6 Å². The molecule has 1 saturated carbocycles. The molecule has 0 bridgehead atoms. The fourth-order valence-corrected chi connectivity index (χ4v) is 2.97. The summed E-state index contributed by atoms with van der Waals surface area (Å²) in [5.41, 5.74) is 5.92. The Labute approximate surface area is 139 Å². The van der Waals surface area contributed by atoms with Crippen LogP contribution in [-0.4, -0.2) is 21.6 Å². The molecule has 7 heteroatoms. The minimum atomic E-state index is -0.822. The third-order valence-electron chi connectivity index (χ3n) is 4.44. The van der Waals surface area contributed by atoms with Crippen molar-refractivity contribution in [2.75, 3.05) is 0 Å². The Morgan fingerprint density at radius 2 is 2.12 bits per heavy atom. The summed E-state index contributed by atoms with van der Waals surface area (Å²) in [5, 5.41) is 6.70. The molecule has 128 valence electrons. The molecular weight excluding hydrogens is 311 g/mol. The highest BCUT2D eigenvalue weighted by molar-refractivity contribution is 5.86. The predicted octanol–water partition coefficient (Wildman–Crippen LogP) is 2.71. The van der Waals surface area contributed by atoms with Gasteiger partial charge in [0.1, 0.15) is 11.9 Å². The van der Waals surface area contributed by atoms with Crippen molar-refractivity contribution >= 4 is 5.91 Å². The molecule has 1 fully saturated rings. The molecule has 1 aliphatic rings. The van der Waals surface area contributed by atoms with Crippen LogP contribution in [0, 0.1) is 5.82 Å². The van der Waals surface area contributed by atoms with Crippen LogP contribution in [0.3, 0.4) is 0 Å². The lowest BCUT2D eigenvalue weighted by Gasteiger charge is -2.32. The minimum Gasteiger partial charge on any atom is -0.343 e. The molecule has 1 aromatic heterocycles. The van der Waals surface area contributed by atoms with Crippen LogP contribution < -0.4 is 11.1 Å². The molecule has 1 heterocycles. The third-order valence-corrected chi connectivity index (χ3v) is 4.44.